The van der Waals surface area contributed by atoms with Gasteiger partial charge in [0, 0.05) is 6.54 Å². The predicted molar refractivity (Wildman–Crippen MR) is 39.8 cm³/mol. The second-order valence-electron chi connectivity index (χ2n) is 1.95. The van der Waals surface area contributed by atoms with Gasteiger partial charge in [0.2, 0.25) is 0 Å². The van der Waals surface area contributed by atoms with Crippen molar-refractivity contribution < 1.29 is 9.53 Å². The van der Waals surface area contributed by atoms with Crippen molar-refractivity contribution in [1.82, 2.24) is 5.32 Å². The highest BCUT2D eigenvalue weighted by molar-refractivity contribution is 5.67. The van der Waals surface area contributed by atoms with Crippen LogP contribution in [0.15, 0.2) is 12.2 Å². The third-order valence-corrected chi connectivity index (χ3v) is 1.17. The van der Waals surface area contributed by atoms with Crippen molar-refractivity contribution in [3.8, 4) is 0 Å². The zero-order valence-corrected chi connectivity index (χ0v) is 6.44. The minimum Gasteiger partial charge on any atom is -0.453 e. The Hall–Kier alpha value is -0.990. The minimum atomic E-state index is -0.408. The van der Waals surface area contributed by atoms with Gasteiger partial charge in [-0.3, -0.25) is 0 Å². The lowest BCUT2D eigenvalue weighted by molar-refractivity contribution is 0.172. The van der Waals surface area contributed by atoms with Gasteiger partial charge in [0.05, 0.1) is 7.11 Å². The van der Waals surface area contributed by atoms with Gasteiger partial charge < -0.3 is 10.1 Å². The van der Waals surface area contributed by atoms with Crippen LogP contribution >= 0.6 is 0 Å². The van der Waals surface area contributed by atoms with E-state index in [4.69, 9.17) is 0 Å². The third-order valence-electron chi connectivity index (χ3n) is 1.17. The third kappa shape index (κ3) is 3.95. The highest BCUT2D eigenvalue weighted by Gasteiger charge is 1.96. The number of hydrogen-bond acceptors (Lipinski definition) is 2. The van der Waals surface area contributed by atoms with Crippen LogP contribution < -0.4 is 5.32 Å². The molecule has 0 saturated heterocycles. The molecule has 0 rings (SSSR count). The number of ether oxygens (including phenoxy) is 1. The summed E-state index contributed by atoms with van der Waals surface area (Å²) in [5.74, 6) is 0. The average molecular weight is 143 g/mol. The maximum Gasteiger partial charge on any atom is 0.407 e. The summed E-state index contributed by atoms with van der Waals surface area (Å²) in [6.07, 6.45) is 0.471. The van der Waals surface area contributed by atoms with Gasteiger partial charge in [-0.15, -0.1) is 0 Å². The molecule has 0 aliphatic carbocycles. The van der Waals surface area contributed by atoms with Crippen molar-refractivity contribution in [2.75, 3.05) is 13.7 Å². The number of amides is 1. The van der Waals surface area contributed by atoms with E-state index in [-0.39, 0.29) is 0 Å². The highest BCUT2D eigenvalue weighted by Crippen LogP contribution is 1.92. The van der Waals surface area contributed by atoms with E-state index in [0.29, 0.717) is 6.54 Å². The van der Waals surface area contributed by atoms with Crippen LogP contribution in [0.25, 0.3) is 0 Å². The summed E-state index contributed by atoms with van der Waals surface area (Å²) in [5.41, 5.74) is 0.991. The van der Waals surface area contributed by atoms with Crippen LogP contribution in [0.1, 0.15) is 13.3 Å². The first-order chi connectivity index (χ1) is 4.70. The van der Waals surface area contributed by atoms with Crippen molar-refractivity contribution >= 4 is 6.09 Å². The molecule has 0 aliphatic heterocycles. The topological polar surface area (TPSA) is 38.3 Å². The first-order valence-corrected chi connectivity index (χ1v) is 3.19. The van der Waals surface area contributed by atoms with E-state index in [0.717, 1.165) is 12.0 Å². The number of rotatable bonds is 3. The van der Waals surface area contributed by atoms with Gasteiger partial charge in [0.1, 0.15) is 0 Å². The molecule has 1 N–H and O–H groups in total. The molecule has 0 spiro atoms. The van der Waals surface area contributed by atoms with Gasteiger partial charge in [0.15, 0.2) is 0 Å². The van der Waals surface area contributed by atoms with Gasteiger partial charge in [0.25, 0.3) is 0 Å². The smallest absolute Gasteiger partial charge is 0.407 e. The van der Waals surface area contributed by atoms with Gasteiger partial charge in [-0.25, -0.2) is 4.79 Å². The van der Waals surface area contributed by atoms with E-state index in [9.17, 15) is 4.79 Å². The lowest BCUT2D eigenvalue weighted by Gasteiger charge is -2.03. The molecule has 0 atom stereocenters. The Morgan fingerprint density at radius 3 is 2.70 bits per heavy atom. The molecule has 3 heteroatoms. The van der Waals surface area contributed by atoms with Crippen molar-refractivity contribution in [2.24, 2.45) is 0 Å². The fraction of sp³-hybridized carbons (Fsp3) is 0.571. The lowest BCUT2D eigenvalue weighted by Crippen LogP contribution is -2.24. The zero-order chi connectivity index (χ0) is 7.98. The van der Waals surface area contributed by atoms with E-state index in [1.165, 1.54) is 7.11 Å². The zero-order valence-electron chi connectivity index (χ0n) is 6.44. The number of carbonyl (C=O) groups excluding carboxylic acids is 1. The van der Waals surface area contributed by atoms with Crippen LogP contribution in [0, 0.1) is 0 Å². The number of carbonyl (C=O) groups is 1. The molecular weight excluding hydrogens is 130 g/mol. The van der Waals surface area contributed by atoms with E-state index in [2.05, 4.69) is 16.6 Å². The van der Waals surface area contributed by atoms with Crippen LogP contribution in [-0.4, -0.2) is 19.7 Å². The molecule has 3 nitrogen and oxygen atoms in total. The Morgan fingerprint density at radius 1 is 1.70 bits per heavy atom. The van der Waals surface area contributed by atoms with Crippen molar-refractivity contribution in [3.05, 3.63) is 12.2 Å². The largest absolute Gasteiger partial charge is 0.453 e. The van der Waals surface area contributed by atoms with Crippen molar-refractivity contribution in [3.63, 3.8) is 0 Å². The van der Waals surface area contributed by atoms with Gasteiger partial charge in [-0.05, 0) is 6.42 Å². The second kappa shape index (κ2) is 4.85. The normalized spacial score (nSPS) is 8.60. The molecule has 0 bridgehead atoms. The maximum atomic E-state index is 10.5. The summed E-state index contributed by atoms with van der Waals surface area (Å²) in [4.78, 5) is 10.5. The van der Waals surface area contributed by atoms with Crippen molar-refractivity contribution in [2.45, 2.75) is 13.3 Å². The SMILES string of the molecule is C=C(CC)CNC(=O)OC. The second-order valence-corrected chi connectivity index (χ2v) is 1.95. The highest BCUT2D eigenvalue weighted by atomic mass is 16.5. The van der Waals surface area contributed by atoms with Crippen LogP contribution in [-0.2, 0) is 4.74 Å². The standard InChI is InChI=1S/C7H13NO2/c1-4-6(2)5-8-7(9)10-3/h2,4-5H2,1,3H3,(H,8,9). The number of hydrogen-bond donors (Lipinski definition) is 1. The Kier molecular flexibility index (Phi) is 4.37. The molecular formula is C7H13NO2. The van der Waals surface area contributed by atoms with E-state index in [1.54, 1.807) is 0 Å². The van der Waals surface area contributed by atoms with Gasteiger partial charge in [-0.2, -0.15) is 0 Å². The summed E-state index contributed by atoms with van der Waals surface area (Å²) in [6, 6.07) is 0. The van der Waals surface area contributed by atoms with E-state index >= 15 is 0 Å². The number of methoxy groups -OCH3 is 1. The summed E-state index contributed by atoms with van der Waals surface area (Å²) in [5, 5.41) is 2.52. The first kappa shape index (κ1) is 9.01. The molecule has 0 aromatic carbocycles. The van der Waals surface area contributed by atoms with Crippen LogP contribution in [0.4, 0.5) is 4.79 Å². The van der Waals surface area contributed by atoms with E-state index in [1.807, 2.05) is 6.92 Å². The minimum absolute atomic E-state index is 0.408. The molecule has 58 valence electrons. The molecule has 0 unspecified atom stereocenters. The van der Waals surface area contributed by atoms with E-state index < -0.39 is 6.09 Å². The molecule has 0 heterocycles. The molecule has 1 amide bonds. The van der Waals surface area contributed by atoms with Crippen LogP contribution in [0.5, 0.6) is 0 Å². The molecule has 0 aromatic heterocycles. The van der Waals surface area contributed by atoms with Crippen molar-refractivity contribution in [1.29, 1.82) is 0 Å². The average Bonchev–Trinajstić information content (AvgIpc) is 1.99. The quantitative estimate of drug-likeness (QED) is 0.605. The van der Waals surface area contributed by atoms with Gasteiger partial charge >= 0.3 is 6.09 Å². The summed E-state index contributed by atoms with van der Waals surface area (Å²) in [6.45, 7) is 6.20. The summed E-state index contributed by atoms with van der Waals surface area (Å²) >= 11 is 0. The maximum absolute atomic E-state index is 10.5. The van der Waals surface area contributed by atoms with Crippen LogP contribution in [0.3, 0.4) is 0 Å². The lowest BCUT2D eigenvalue weighted by atomic mass is 10.2. The number of alkyl carbamates (subject to hydrolysis) is 1. The fourth-order valence-corrected chi connectivity index (χ4v) is 0.394. The molecule has 10 heavy (non-hydrogen) atoms. The fourth-order valence-electron chi connectivity index (χ4n) is 0.394. The molecule has 0 aliphatic rings. The molecule has 0 aromatic rings. The number of nitrogens with one attached hydrogen (secondary N) is 1. The first-order valence-electron chi connectivity index (χ1n) is 3.19. The Bertz CT molecular complexity index is 116. The summed E-state index contributed by atoms with van der Waals surface area (Å²) < 4.78 is 4.35. The van der Waals surface area contributed by atoms with Gasteiger partial charge in [-0.1, -0.05) is 19.1 Å². The predicted octanol–water partition coefficient (Wildman–Crippen LogP) is 1.31. The molecule has 0 radical (unpaired) electrons. The monoisotopic (exact) mass is 143 g/mol. The molecule has 0 saturated carbocycles. The Labute approximate surface area is 61.1 Å². The Morgan fingerprint density at radius 2 is 2.30 bits per heavy atom. The van der Waals surface area contributed by atoms with Crippen LogP contribution in [0.2, 0.25) is 0 Å². The summed E-state index contributed by atoms with van der Waals surface area (Å²) in [7, 11) is 1.34. The molecule has 0 fully saturated rings. The Balaban J connectivity index is 3.35.